The van der Waals surface area contributed by atoms with Crippen molar-refractivity contribution >= 4 is 21.4 Å². The maximum Gasteiger partial charge on any atom is 0.242 e. The molecule has 0 spiro atoms. The van der Waals surface area contributed by atoms with Gasteiger partial charge in [-0.25, -0.2) is 18.1 Å². The van der Waals surface area contributed by atoms with Gasteiger partial charge >= 0.3 is 0 Å². The van der Waals surface area contributed by atoms with E-state index in [9.17, 15) is 8.42 Å². The van der Waals surface area contributed by atoms with Gasteiger partial charge in [0.05, 0.1) is 10.9 Å². The number of aryl methyl sites for hydroxylation is 2. The van der Waals surface area contributed by atoms with Gasteiger partial charge in [0.1, 0.15) is 5.01 Å². The first-order valence-electron chi connectivity index (χ1n) is 6.69. The van der Waals surface area contributed by atoms with Crippen LogP contribution in [-0.2, 0) is 30.0 Å². The van der Waals surface area contributed by atoms with Crippen LogP contribution in [0.3, 0.4) is 0 Å². The lowest BCUT2D eigenvalue weighted by molar-refractivity contribution is 0.566. The Hall–Kier alpha value is -1.22. The van der Waals surface area contributed by atoms with Crippen molar-refractivity contribution in [2.45, 2.75) is 37.8 Å². The lowest BCUT2D eigenvalue weighted by Crippen LogP contribution is -2.26. The summed E-state index contributed by atoms with van der Waals surface area (Å²) in [6.07, 6.45) is 4.26. The Morgan fingerprint density at radius 3 is 2.76 bits per heavy atom. The summed E-state index contributed by atoms with van der Waals surface area (Å²) in [5.41, 5.74) is 6.34. The van der Waals surface area contributed by atoms with Gasteiger partial charge in [0, 0.05) is 36.6 Å². The number of sulfonamides is 1. The molecule has 21 heavy (non-hydrogen) atoms. The van der Waals surface area contributed by atoms with Crippen LogP contribution in [0, 0.1) is 0 Å². The molecule has 2 aromatic heterocycles. The maximum atomic E-state index is 12.4. The first kappa shape index (κ1) is 16.2. The molecule has 0 saturated carbocycles. The van der Waals surface area contributed by atoms with E-state index in [4.69, 9.17) is 5.73 Å². The fraction of sp³-hybridized carbons (Fsp3) is 0.462. The van der Waals surface area contributed by atoms with E-state index in [1.807, 2.05) is 6.92 Å². The van der Waals surface area contributed by atoms with Crippen LogP contribution in [0.25, 0.3) is 0 Å². The van der Waals surface area contributed by atoms with Crippen LogP contribution in [0.2, 0.25) is 0 Å². The van der Waals surface area contributed by atoms with Crippen LogP contribution >= 0.6 is 11.3 Å². The number of aromatic nitrogens is 2. The van der Waals surface area contributed by atoms with Gasteiger partial charge in [-0.2, -0.15) is 0 Å². The molecule has 0 aliphatic rings. The lowest BCUT2D eigenvalue weighted by atomic mass is 10.4. The third kappa shape index (κ3) is 3.52. The van der Waals surface area contributed by atoms with Gasteiger partial charge in [0.25, 0.3) is 0 Å². The standard InChI is InChI=1S/C13H20N4O2S2/c1-4-11-7-15-13(20-11)9(2)16-21(18,19)12-5-10(6-14)17(3)8-12/h5,7-9,16H,4,6,14H2,1-3H3. The minimum atomic E-state index is -3.58. The Morgan fingerprint density at radius 1 is 1.52 bits per heavy atom. The van der Waals surface area contributed by atoms with Crippen molar-refractivity contribution in [1.82, 2.24) is 14.3 Å². The number of hydrogen-bond acceptors (Lipinski definition) is 5. The van der Waals surface area contributed by atoms with Crippen LogP contribution in [0.5, 0.6) is 0 Å². The van der Waals surface area contributed by atoms with E-state index < -0.39 is 10.0 Å². The Kier molecular flexibility index (Phi) is 4.82. The van der Waals surface area contributed by atoms with Gasteiger partial charge in [0.15, 0.2) is 0 Å². The number of nitrogens with zero attached hydrogens (tertiary/aromatic N) is 2. The van der Waals surface area contributed by atoms with E-state index >= 15 is 0 Å². The van der Waals surface area contributed by atoms with Crippen molar-refractivity contribution in [2.24, 2.45) is 12.8 Å². The molecule has 2 heterocycles. The van der Waals surface area contributed by atoms with Crippen molar-refractivity contribution < 1.29 is 8.42 Å². The zero-order valence-electron chi connectivity index (χ0n) is 12.3. The molecule has 1 atom stereocenters. The highest BCUT2D eigenvalue weighted by Crippen LogP contribution is 2.22. The number of thiazole rings is 1. The Labute approximate surface area is 129 Å². The van der Waals surface area contributed by atoms with Crippen LogP contribution in [0.1, 0.15) is 35.5 Å². The van der Waals surface area contributed by atoms with Crippen molar-refractivity contribution in [2.75, 3.05) is 0 Å². The second-order valence-electron chi connectivity index (χ2n) is 4.84. The minimum absolute atomic E-state index is 0.226. The van der Waals surface area contributed by atoms with E-state index in [1.165, 1.54) is 11.3 Å². The summed E-state index contributed by atoms with van der Waals surface area (Å²) in [6, 6.07) is 1.23. The molecule has 2 aromatic rings. The van der Waals surface area contributed by atoms with Gasteiger partial charge < -0.3 is 10.3 Å². The fourth-order valence-electron chi connectivity index (χ4n) is 1.96. The maximum absolute atomic E-state index is 12.4. The SMILES string of the molecule is CCc1cnc(C(C)NS(=O)(=O)c2cc(CN)n(C)c2)s1. The lowest BCUT2D eigenvalue weighted by Gasteiger charge is -2.10. The largest absolute Gasteiger partial charge is 0.352 e. The predicted octanol–water partition coefficient (Wildman–Crippen LogP) is 1.54. The molecule has 1 unspecified atom stereocenters. The number of rotatable bonds is 6. The Balaban J connectivity index is 2.19. The summed E-state index contributed by atoms with van der Waals surface area (Å²) in [6.45, 7) is 4.14. The average molecular weight is 328 g/mol. The summed E-state index contributed by atoms with van der Waals surface area (Å²) in [5.74, 6) is 0. The van der Waals surface area contributed by atoms with Crippen LogP contribution in [0.4, 0.5) is 0 Å². The summed E-state index contributed by atoms with van der Waals surface area (Å²) in [7, 11) is -1.80. The molecule has 0 radical (unpaired) electrons. The molecule has 0 amide bonds. The van der Waals surface area contributed by atoms with E-state index in [0.29, 0.717) is 6.54 Å². The quantitative estimate of drug-likeness (QED) is 0.841. The zero-order chi connectivity index (χ0) is 15.6. The van der Waals surface area contributed by atoms with E-state index in [1.54, 1.807) is 37.0 Å². The first-order valence-corrected chi connectivity index (χ1v) is 8.99. The molecule has 116 valence electrons. The highest BCUT2D eigenvalue weighted by Gasteiger charge is 2.22. The highest BCUT2D eigenvalue weighted by molar-refractivity contribution is 7.89. The first-order chi connectivity index (χ1) is 9.87. The van der Waals surface area contributed by atoms with E-state index in [0.717, 1.165) is 22.0 Å². The zero-order valence-corrected chi connectivity index (χ0v) is 14.0. The van der Waals surface area contributed by atoms with Gasteiger partial charge in [-0.15, -0.1) is 11.3 Å². The topological polar surface area (TPSA) is 90.0 Å². The van der Waals surface area contributed by atoms with E-state index in [-0.39, 0.29) is 10.9 Å². The second kappa shape index (κ2) is 6.27. The Morgan fingerprint density at radius 2 is 2.24 bits per heavy atom. The van der Waals surface area contributed by atoms with Crippen molar-refractivity contribution in [1.29, 1.82) is 0 Å². The average Bonchev–Trinajstić information content (AvgIpc) is 3.04. The van der Waals surface area contributed by atoms with Gasteiger partial charge in [0.2, 0.25) is 10.0 Å². The number of hydrogen-bond donors (Lipinski definition) is 2. The third-order valence-electron chi connectivity index (χ3n) is 3.22. The van der Waals surface area contributed by atoms with Crippen LogP contribution in [-0.4, -0.2) is 18.0 Å². The highest BCUT2D eigenvalue weighted by atomic mass is 32.2. The van der Waals surface area contributed by atoms with Gasteiger partial charge in [-0.3, -0.25) is 0 Å². The molecule has 6 nitrogen and oxygen atoms in total. The third-order valence-corrected chi connectivity index (χ3v) is 6.06. The molecule has 0 saturated heterocycles. The molecule has 0 aliphatic carbocycles. The monoisotopic (exact) mass is 328 g/mol. The predicted molar refractivity (Wildman–Crippen MR) is 83.5 cm³/mol. The molecule has 0 aliphatic heterocycles. The number of nitrogens with two attached hydrogens (primary N) is 1. The molecule has 0 fully saturated rings. The Bertz CT molecular complexity index is 718. The van der Waals surface area contributed by atoms with Crippen molar-refractivity contribution in [3.05, 3.63) is 34.0 Å². The number of nitrogens with one attached hydrogen (secondary N) is 1. The fourth-order valence-corrected chi connectivity index (χ4v) is 4.20. The van der Waals surface area contributed by atoms with Crippen LogP contribution in [0.15, 0.2) is 23.4 Å². The molecular formula is C13H20N4O2S2. The normalized spacial score (nSPS) is 13.5. The molecular weight excluding hydrogens is 308 g/mol. The summed E-state index contributed by atoms with van der Waals surface area (Å²) >= 11 is 1.53. The minimum Gasteiger partial charge on any atom is -0.352 e. The summed E-state index contributed by atoms with van der Waals surface area (Å²) < 4.78 is 29.1. The second-order valence-corrected chi connectivity index (χ2v) is 7.70. The van der Waals surface area contributed by atoms with E-state index in [2.05, 4.69) is 9.71 Å². The molecule has 3 N–H and O–H groups in total. The molecule has 8 heteroatoms. The molecule has 2 rings (SSSR count). The van der Waals surface area contributed by atoms with Crippen LogP contribution < -0.4 is 10.5 Å². The van der Waals surface area contributed by atoms with Crippen molar-refractivity contribution in [3.63, 3.8) is 0 Å². The van der Waals surface area contributed by atoms with Gasteiger partial charge in [-0.05, 0) is 19.4 Å². The van der Waals surface area contributed by atoms with Crippen molar-refractivity contribution in [3.8, 4) is 0 Å². The smallest absolute Gasteiger partial charge is 0.242 e. The summed E-state index contributed by atoms with van der Waals surface area (Å²) in [4.78, 5) is 5.64. The summed E-state index contributed by atoms with van der Waals surface area (Å²) in [5, 5.41) is 0.769. The molecule has 0 aromatic carbocycles. The van der Waals surface area contributed by atoms with Gasteiger partial charge in [-0.1, -0.05) is 6.92 Å². The molecule has 0 bridgehead atoms.